The smallest absolute Gasteiger partial charge is 0.277 e. The molecule has 3 heterocycles. The second kappa shape index (κ2) is 9.25. The quantitative estimate of drug-likeness (QED) is 0.594. The second-order valence-corrected chi connectivity index (χ2v) is 7.58. The van der Waals surface area contributed by atoms with Crippen molar-refractivity contribution >= 4 is 40.6 Å². The monoisotopic (exact) mass is 431 g/mol. The van der Waals surface area contributed by atoms with E-state index in [2.05, 4.69) is 25.4 Å². The number of carbonyl (C=O) groups excluding carboxylic acids is 1. The normalized spacial score (nSPS) is 14.0. The van der Waals surface area contributed by atoms with Crippen LogP contribution in [0.15, 0.2) is 52.4 Å². The maximum atomic E-state index is 12.5. The second-order valence-electron chi connectivity index (χ2n) is 6.21. The van der Waals surface area contributed by atoms with Crippen LogP contribution in [0.25, 0.3) is 11.5 Å². The number of carbonyl (C=O) groups is 1. The van der Waals surface area contributed by atoms with E-state index in [9.17, 15) is 4.79 Å². The van der Waals surface area contributed by atoms with Gasteiger partial charge >= 0.3 is 0 Å². The zero-order valence-electron chi connectivity index (χ0n) is 15.4. The molecule has 1 amide bonds. The first-order valence-electron chi connectivity index (χ1n) is 8.98. The van der Waals surface area contributed by atoms with Crippen LogP contribution in [0, 0.1) is 0 Å². The maximum Gasteiger partial charge on any atom is 0.277 e. The van der Waals surface area contributed by atoms with E-state index in [1.807, 2.05) is 18.2 Å². The number of pyridine rings is 1. The van der Waals surface area contributed by atoms with Crippen LogP contribution in [0.4, 0.5) is 11.4 Å². The van der Waals surface area contributed by atoms with E-state index in [-0.39, 0.29) is 11.7 Å². The van der Waals surface area contributed by atoms with Crippen LogP contribution < -0.4 is 10.2 Å². The lowest BCUT2D eigenvalue weighted by molar-refractivity contribution is -0.113. The maximum absolute atomic E-state index is 12.5. The number of benzene rings is 1. The highest BCUT2D eigenvalue weighted by molar-refractivity contribution is 7.99. The molecule has 10 heteroatoms. The molecular formula is C19H18ClN5O3S. The number of aromatic nitrogens is 3. The van der Waals surface area contributed by atoms with Crippen LogP contribution in [0.2, 0.25) is 5.02 Å². The highest BCUT2D eigenvalue weighted by Gasteiger charge is 2.17. The molecule has 1 aliphatic rings. The summed E-state index contributed by atoms with van der Waals surface area (Å²) in [5.41, 5.74) is 2.32. The molecule has 1 N–H and O–H groups in total. The molecule has 0 unspecified atom stereocenters. The molecule has 1 saturated heterocycles. The molecule has 1 aromatic carbocycles. The van der Waals surface area contributed by atoms with E-state index in [1.165, 1.54) is 11.8 Å². The average Bonchev–Trinajstić information content (AvgIpc) is 3.23. The molecule has 3 aromatic rings. The van der Waals surface area contributed by atoms with E-state index in [4.69, 9.17) is 20.8 Å². The summed E-state index contributed by atoms with van der Waals surface area (Å²) >= 11 is 7.30. The minimum Gasteiger partial charge on any atom is -0.411 e. The van der Waals surface area contributed by atoms with Crippen molar-refractivity contribution in [3.8, 4) is 11.5 Å². The lowest BCUT2D eigenvalue weighted by Gasteiger charge is -2.30. The summed E-state index contributed by atoms with van der Waals surface area (Å²) in [6.45, 7) is 2.83. The van der Waals surface area contributed by atoms with E-state index < -0.39 is 0 Å². The Hall–Kier alpha value is -2.62. The molecule has 0 bridgehead atoms. The number of thioether (sulfide) groups is 1. The molecule has 1 aliphatic heterocycles. The van der Waals surface area contributed by atoms with Gasteiger partial charge in [0, 0.05) is 30.5 Å². The third-order valence-electron chi connectivity index (χ3n) is 4.23. The molecule has 0 aliphatic carbocycles. The molecule has 0 saturated carbocycles. The largest absolute Gasteiger partial charge is 0.411 e. The lowest BCUT2D eigenvalue weighted by atomic mass is 10.2. The fourth-order valence-corrected chi connectivity index (χ4v) is 3.61. The van der Waals surface area contributed by atoms with Crippen molar-refractivity contribution in [3.63, 3.8) is 0 Å². The molecule has 2 aromatic heterocycles. The van der Waals surface area contributed by atoms with Crippen LogP contribution in [0.3, 0.4) is 0 Å². The Labute approximate surface area is 176 Å². The highest BCUT2D eigenvalue weighted by atomic mass is 35.5. The van der Waals surface area contributed by atoms with E-state index >= 15 is 0 Å². The van der Waals surface area contributed by atoms with Crippen molar-refractivity contribution in [2.75, 3.05) is 42.3 Å². The summed E-state index contributed by atoms with van der Waals surface area (Å²) in [5, 5.41) is 11.8. The molecule has 0 atom stereocenters. The van der Waals surface area contributed by atoms with Crippen LogP contribution in [-0.2, 0) is 9.53 Å². The molecule has 8 nitrogen and oxygen atoms in total. The Morgan fingerprint density at radius 2 is 2.10 bits per heavy atom. The molecule has 29 heavy (non-hydrogen) atoms. The zero-order valence-corrected chi connectivity index (χ0v) is 16.9. The predicted molar refractivity (Wildman–Crippen MR) is 111 cm³/mol. The summed E-state index contributed by atoms with van der Waals surface area (Å²) in [6.07, 6.45) is 3.31. The number of amides is 1. The third kappa shape index (κ3) is 5.06. The number of nitrogens with zero attached hydrogens (tertiary/aromatic N) is 4. The number of hydrogen-bond donors (Lipinski definition) is 1. The van der Waals surface area contributed by atoms with Gasteiger partial charge in [-0.05, 0) is 30.3 Å². The van der Waals surface area contributed by atoms with E-state index in [1.54, 1.807) is 24.5 Å². The number of halogens is 1. The van der Waals surface area contributed by atoms with Crippen molar-refractivity contribution in [2.24, 2.45) is 0 Å². The Morgan fingerprint density at radius 1 is 1.24 bits per heavy atom. The van der Waals surface area contributed by atoms with Gasteiger partial charge in [-0.2, -0.15) is 0 Å². The minimum absolute atomic E-state index is 0.129. The van der Waals surface area contributed by atoms with Gasteiger partial charge in [0.1, 0.15) is 0 Å². The summed E-state index contributed by atoms with van der Waals surface area (Å²) in [4.78, 5) is 18.7. The lowest BCUT2D eigenvalue weighted by Crippen LogP contribution is -2.36. The van der Waals surface area contributed by atoms with Gasteiger partial charge in [0.2, 0.25) is 11.8 Å². The SMILES string of the molecule is O=C(CSc1nnc(-c2cccnc2)o1)Nc1cc(Cl)ccc1N1CCOCC1. The van der Waals surface area contributed by atoms with Crippen LogP contribution >= 0.6 is 23.4 Å². The van der Waals surface area contributed by atoms with Crippen molar-refractivity contribution in [1.29, 1.82) is 0 Å². The van der Waals surface area contributed by atoms with Gasteiger partial charge in [-0.1, -0.05) is 23.4 Å². The van der Waals surface area contributed by atoms with Crippen molar-refractivity contribution < 1.29 is 13.9 Å². The molecule has 1 fully saturated rings. The Kier molecular flexibility index (Phi) is 6.28. The third-order valence-corrected chi connectivity index (χ3v) is 5.28. The van der Waals surface area contributed by atoms with Gasteiger partial charge in [0.25, 0.3) is 5.22 Å². The van der Waals surface area contributed by atoms with Gasteiger partial charge in [-0.25, -0.2) is 0 Å². The Balaban J connectivity index is 1.39. The highest BCUT2D eigenvalue weighted by Crippen LogP contribution is 2.30. The van der Waals surface area contributed by atoms with E-state index in [0.29, 0.717) is 35.0 Å². The van der Waals surface area contributed by atoms with Gasteiger partial charge in [0.05, 0.1) is 35.9 Å². The zero-order chi connectivity index (χ0) is 20.1. The van der Waals surface area contributed by atoms with Gasteiger partial charge < -0.3 is 19.4 Å². The fourth-order valence-electron chi connectivity index (χ4n) is 2.88. The predicted octanol–water partition coefficient (Wildman–Crippen LogP) is 3.35. The first-order valence-corrected chi connectivity index (χ1v) is 10.3. The topological polar surface area (TPSA) is 93.4 Å². The standard InChI is InChI=1S/C19H18ClN5O3S/c20-14-3-4-16(25-6-8-27-9-7-25)15(10-14)22-17(26)12-29-19-24-23-18(28-19)13-2-1-5-21-11-13/h1-5,10-11H,6-9,12H2,(H,22,26). The summed E-state index contributed by atoms with van der Waals surface area (Å²) in [6, 6.07) is 9.09. The number of rotatable bonds is 6. The van der Waals surface area contributed by atoms with Crippen LogP contribution in [0.5, 0.6) is 0 Å². The van der Waals surface area contributed by atoms with Crippen LogP contribution in [0.1, 0.15) is 0 Å². The van der Waals surface area contributed by atoms with Crippen molar-refractivity contribution in [3.05, 3.63) is 47.7 Å². The number of morpholine rings is 1. The molecule has 0 spiro atoms. The number of anilines is 2. The number of nitrogens with one attached hydrogen (secondary N) is 1. The number of hydrogen-bond acceptors (Lipinski definition) is 8. The fraction of sp³-hybridized carbons (Fsp3) is 0.263. The Morgan fingerprint density at radius 3 is 2.90 bits per heavy atom. The van der Waals surface area contributed by atoms with Gasteiger partial charge in [-0.3, -0.25) is 9.78 Å². The minimum atomic E-state index is -0.187. The van der Waals surface area contributed by atoms with Gasteiger partial charge in [-0.15, -0.1) is 10.2 Å². The summed E-state index contributed by atoms with van der Waals surface area (Å²) < 4.78 is 11.0. The van der Waals surface area contributed by atoms with E-state index in [0.717, 1.165) is 24.3 Å². The average molecular weight is 432 g/mol. The van der Waals surface area contributed by atoms with Crippen molar-refractivity contribution in [2.45, 2.75) is 5.22 Å². The van der Waals surface area contributed by atoms with Crippen molar-refractivity contribution in [1.82, 2.24) is 15.2 Å². The molecule has 0 radical (unpaired) electrons. The summed E-state index contributed by atoms with van der Waals surface area (Å²) in [5.74, 6) is 0.308. The first-order chi connectivity index (χ1) is 14.2. The first kappa shape index (κ1) is 19.7. The molecule has 4 rings (SSSR count). The van der Waals surface area contributed by atoms with Gasteiger partial charge in [0.15, 0.2) is 0 Å². The number of ether oxygens (including phenoxy) is 1. The molecule has 150 valence electrons. The summed E-state index contributed by atoms with van der Waals surface area (Å²) in [7, 11) is 0. The van der Waals surface area contributed by atoms with Crippen LogP contribution in [-0.4, -0.2) is 53.1 Å². The Bertz CT molecular complexity index is 979. The molecular weight excluding hydrogens is 414 g/mol.